The van der Waals surface area contributed by atoms with Gasteiger partial charge in [-0.2, -0.15) is 0 Å². The van der Waals surface area contributed by atoms with Crippen LogP contribution in [-0.2, 0) is 11.3 Å². The molecule has 4 rings (SSSR count). The Hall–Kier alpha value is -3.84. The lowest BCUT2D eigenvalue weighted by Crippen LogP contribution is -2.36. The van der Waals surface area contributed by atoms with Gasteiger partial charge in [0.25, 0.3) is 0 Å². The maximum absolute atomic E-state index is 11.2. The zero-order valence-corrected chi connectivity index (χ0v) is 18.4. The molecule has 0 aromatic heterocycles. The molecule has 33 heavy (non-hydrogen) atoms. The third-order valence-corrected chi connectivity index (χ3v) is 5.37. The van der Waals surface area contributed by atoms with E-state index in [9.17, 15) is 9.90 Å². The standard InChI is InChI=1S/C26H26N2O5/c1-31-24-7-3-6-21(25(24)33-18-19-4-2-5-20(16-19)26(29)30)17-27-22-8-10-23(11-9-22)28-12-14-32-15-13-28/h2-11,16-17H,12-15,18H2,1H3,(H,29,30). The predicted octanol–water partition coefficient (Wildman–Crippen LogP) is 4.56. The molecule has 0 unspecified atom stereocenters. The number of carboxylic acid groups (broad SMARTS) is 1. The molecule has 0 aliphatic carbocycles. The SMILES string of the molecule is COc1cccc(C=Nc2ccc(N3CCOCC3)cc2)c1OCc1cccc(C(=O)O)c1. The van der Waals surface area contributed by atoms with Gasteiger partial charge in [0.05, 0.1) is 31.6 Å². The first kappa shape index (κ1) is 22.4. The second kappa shape index (κ2) is 10.7. The Morgan fingerprint density at radius 1 is 1.09 bits per heavy atom. The van der Waals surface area contributed by atoms with Gasteiger partial charge in [-0.25, -0.2) is 4.79 Å². The summed E-state index contributed by atoms with van der Waals surface area (Å²) in [6.07, 6.45) is 1.75. The van der Waals surface area contributed by atoms with E-state index in [0.717, 1.165) is 48.8 Å². The lowest BCUT2D eigenvalue weighted by atomic mass is 10.1. The van der Waals surface area contributed by atoms with Gasteiger partial charge in [0.2, 0.25) is 0 Å². The van der Waals surface area contributed by atoms with E-state index in [-0.39, 0.29) is 12.2 Å². The number of nitrogens with zero attached hydrogens (tertiary/aromatic N) is 2. The molecule has 0 spiro atoms. The second-order valence-corrected chi connectivity index (χ2v) is 7.55. The molecule has 1 N–H and O–H groups in total. The number of rotatable bonds is 8. The predicted molar refractivity (Wildman–Crippen MR) is 127 cm³/mol. The van der Waals surface area contributed by atoms with Gasteiger partial charge in [-0.3, -0.25) is 4.99 Å². The molecule has 1 fully saturated rings. The van der Waals surface area contributed by atoms with Crippen LogP contribution in [0.4, 0.5) is 11.4 Å². The van der Waals surface area contributed by atoms with Gasteiger partial charge < -0.3 is 24.2 Å². The summed E-state index contributed by atoms with van der Waals surface area (Å²) in [7, 11) is 1.58. The zero-order chi connectivity index (χ0) is 23.0. The first-order valence-corrected chi connectivity index (χ1v) is 10.7. The molecule has 1 heterocycles. The van der Waals surface area contributed by atoms with Crippen molar-refractivity contribution < 1.29 is 24.1 Å². The van der Waals surface area contributed by atoms with Crippen LogP contribution in [0.2, 0.25) is 0 Å². The number of carboxylic acids is 1. The van der Waals surface area contributed by atoms with E-state index in [1.54, 1.807) is 31.5 Å². The molecule has 1 saturated heterocycles. The van der Waals surface area contributed by atoms with Gasteiger partial charge in [-0.1, -0.05) is 18.2 Å². The first-order chi connectivity index (χ1) is 16.1. The molecule has 3 aromatic carbocycles. The monoisotopic (exact) mass is 446 g/mol. The van der Waals surface area contributed by atoms with Crippen molar-refractivity contribution in [3.05, 3.63) is 83.4 Å². The van der Waals surface area contributed by atoms with Gasteiger partial charge in [0, 0.05) is 30.6 Å². The molecule has 0 radical (unpaired) electrons. The minimum absolute atomic E-state index is 0.205. The molecule has 7 heteroatoms. The molecule has 1 aliphatic heterocycles. The fraction of sp³-hybridized carbons (Fsp3) is 0.231. The molecule has 0 saturated carbocycles. The number of morpholine rings is 1. The van der Waals surface area contributed by atoms with Crippen LogP contribution in [0.3, 0.4) is 0 Å². The topological polar surface area (TPSA) is 80.6 Å². The number of methoxy groups -OCH3 is 1. The molecule has 7 nitrogen and oxygen atoms in total. The van der Waals surface area contributed by atoms with Crippen molar-refractivity contribution in [1.29, 1.82) is 0 Å². The third kappa shape index (κ3) is 5.70. The summed E-state index contributed by atoms with van der Waals surface area (Å²) >= 11 is 0. The zero-order valence-electron chi connectivity index (χ0n) is 18.4. The maximum Gasteiger partial charge on any atom is 0.335 e. The van der Waals surface area contributed by atoms with E-state index in [1.807, 2.05) is 36.4 Å². The van der Waals surface area contributed by atoms with Crippen molar-refractivity contribution in [2.75, 3.05) is 38.3 Å². The Labute approximate surface area is 192 Å². The van der Waals surface area contributed by atoms with E-state index in [1.165, 1.54) is 0 Å². The average molecular weight is 447 g/mol. The van der Waals surface area contributed by atoms with E-state index in [2.05, 4.69) is 22.0 Å². The Balaban J connectivity index is 1.50. The first-order valence-electron chi connectivity index (χ1n) is 10.7. The van der Waals surface area contributed by atoms with E-state index < -0.39 is 5.97 Å². The third-order valence-electron chi connectivity index (χ3n) is 5.37. The molecule has 170 valence electrons. The Kier molecular flexibility index (Phi) is 7.22. The van der Waals surface area contributed by atoms with E-state index >= 15 is 0 Å². The Bertz CT molecular complexity index is 1120. The summed E-state index contributed by atoms with van der Waals surface area (Å²) in [5.41, 5.74) is 3.73. The summed E-state index contributed by atoms with van der Waals surface area (Å²) in [6, 6.07) is 20.4. The fourth-order valence-electron chi connectivity index (χ4n) is 3.61. The molecule has 0 atom stereocenters. The summed E-state index contributed by atoms with van der Waals surface area (Å²) in [5.74, 6) is 0.159. The van der Waals surface area contributed by atoms with Crippen molar-refractivity contribution in [3.63, 3.8) is 0 Å². The van der Waals surface area contributed by atoms with Crippen molar-refractivity contribution in [1.82, 2.24) is 0 Å². The number of aromatic carboxylic acids is 1. The average Bonchev–Trinajstić information content (AvgIpc) is 2.87. The van der Waals surface area contributed by atoms with Crippen LogP contribution >= 0.6 is 0 Å². The van der Waals surface area contributed by atoms with Gasteiger partial charge in [-0.05, 0) is 54.1 Å². The van der Waals surface area contributed by atoms with Gasteiger partial charge in [0.15, 0.2) is 11.5 Å². The molecule has 1 aliphatic rings. The molecule has 3 aromatic rings. The van der Waals surface area contributed by atoms with Crippen LogP contribution in [0, 0.1) is 0 Å². The van der Waals surface area contributed by atoms with E-state index in [0.29, 0.717) is 11.5 Å². The fourth-order valence-corrected chi connectivity index (χ4v) is 3.61. The Morgan fingerprint density at radius 3 is 2.58 bits per heavy atom. The van der Waals surface area contributed by atoms with Gasteiger partial charge in [0.1, 0.15) is 6.61 Å². The van der Waals surface area contributed by atoms with Crippen molar-refractivity contribution in [2.45, 2.75) is 6.61 Å². The molecule has 0 amide bonds. The van der Waals surface area contributed by atoms with Crippen LogP contribution < -0.4 is 14.4 Å². The summed E-state index contributed by atoms with van der Waals surface area (Å²) in [6.45, 7) is 3.49. The maximum atomic E-state index is 11.2. The highest BCUT2D eigenvalue weighted by atomic mass is 16.5. The van der Waals surface area contributed by atoms with Crippen molar-refractivity contribution >= 4 is 23.6 Å². The number of carbonyl (C=O) groups is 1. The minimum Gasteiger partial charge on any atom is -0.493 e. The highest BCUT2D eigenvalue weighted by molar-refractivity contribution is 5.88. The van der Waals surface area contributed by atoms with Crippen LogP contribution in [0.1, 0.15) is 21.5 Å². The summed E-state index contributed by atoms with van der Waals surface area (Å²) in [5, 5.41) is 9.20. The number of hydrogen-bond acceptors (Lipinski definition) is 6. The van der Waals surface area contributed by atoms with Gasteiger partial charge >= 0.3 is 5.97 Å². The number of para-hydroxylation sites is 1. The highest BCUT2D eigenvalue weighted by Gasteiger charge is 2.12. The number of anilines is 1. The Morgan fingerprint density at radius 2 is 1.85 bits per heavy atom. The lowest BCUT2D eigenvalue weighted by molar-refractivity contribution is 0.0696. The van der Waals surface area contributed by atoms with Gasteiger partial charge in [-0.15, -0.1) is 0 Å². The molecular formula is C26H26N2O5. The largest absolute Gasteiger partial charge is 0.493 e. The van der Waals surface area contributed by atoms with Crippen molar-refractivity contribution in [3.8, 4) is 11.5 Å². The lowest BCUT2D eigenvalue weighted by Gasteiger charge is -2.28. The number of benzene rings is 3. The smallest absolute Gasteiger partial charge is 0.335 e. The summed E-state index contributed by atoms with van der Waals surface area (Å²) < 4.78 is 16.9. The summed E-state index contributed by atoms with van der Waals surface area (Å²) in [4.78, 5) is 18.1. The normalized spacial score (nSPS) is 13.8. The number of ether oxygens (including phenoxy) is 3. The van der Waals surface area contributed by atoms with Crippen molar-refractivity contribution in [2.24, 2.45) is 4.99 Å². The minimum atomic E-state index is -0.971. The van der Waals surface area contributed by atoms with Crippen LogP contribution in [0.15, 0.2) is 71.7 Å². The number of aliphatic imine (C=N–C) groups is 1. The molecular weight excluding hydrogens is 420 g/mol. The van der Waals surface area contributed by atoms with Crippen LogP contribution in [-0.4, -0.2) is 50.7 Å². The molecule has 0 bridgehead atoms. The quantitative estimate of drug-likeness (QED) is 0.511. The van der Waals surface area contributed by atoms with Crippen LogP contribution in [0.25, 0.3) is 0 Å². The second-order valence-electron chi connectivity index (χ2n) is 7.55. The van der Waals surface area contributed by atoms with E-state index in [4.69, 9.17) is 14.2 Å². The number of hydrogen-bond donors (Lipinski definition) is 1. The van der Waals surface area contributed by atoms with Crippen LogP contribution in [0.5, 0.6) is 11.5 Å². The highest BCUT2D eigenvalue weighted by Crippen LogP contribution is 2.31.